The Kier molecular flexibility index (Phi) is 3.15. The van der Waals surface area contributed by atoms with E-state index in [0.717, 1.165) is 36.2 Å². The fourth-order valence-electron chi connectivity index (χ4n) is 5.23. The lowest BCUT2D eigenvalue weighted by Gasteiger charge is -2.40. The molecule has 3 atom stereocenters. The minimum atomic E-state index is -0.566. The Hall–Kier alpha value is -2.56. The Labute approximate surface area is 152 Å². The highest BCUT2D eigenvalue weighted by molar-refractivity contribution is 6.01. The van der Waals surface area contributed by atoms with Gasteiger partial charge in [0, 0.05) is 23.9 Å². The van der Waals surface area contributed by atoms with Crippen LogP contribution in [0.25, 0.3) is 0 Å². The van der Waals surface area contributed by atoms with Crippen molar-refractivity contribution in [1.82, 2.24) is 9.88 Å². The second-order valence-electron chi connectivity index (χ2n) is 7.92. The summed E-state index contributed by atoms with van der Waals surface area (Å²) >= 11 is 0. The molecular weight excluding hydrogens is 328 g/mol. The Bertz CT molecular complexity index is 931. The maximum Gasteiger partial charge on any atom is 0.256 e. The predicted molar refractivity (Wildman–Crippen MR) is 96.6 cm³/mol. The van der Waals surface area contributed by atoms with E-state index in [-0.39, 0.29) is 23.8 Å². The first-order valence-corrected chi connectivity index (χ1v) is 9.29. The molecule has 3 aliphatic rings. The fraction of sp³-hybridized carbons (Fsp3) is 0.429. The van der Waals surface area contributed by atoms with Crippen LogP contribution in [-0.4, -0.2) is 39.3 Å². The van der Waals surface area contributed by atoms with Crippen molar-refractivity contribution in [3.63, 3.8) is 0 Å². The number of aromatic nitrogens is 1. The van der Waals surface area contributed by atoms with Gasteiger partial charge in [0.2, 0.25) is 0 Å². The van der Waals surface area contributed by atoms with Gasteiger partial charge in [0.1, 0.15) is 11.4 Å². The van der Waals surface area contributed by atoms with E-state index in [4.69, 9.17) is 4.74 Å². The zero-order valence-corrected chi connectivity index (χ0v) is 15.0. The number of H-pyrrole nitrogens is 1. The lowest BCUT2D eigenvalue weighted by Crippen LogP contribution is -2.52. The highest BCUT2D eigenvalue weighted by Gasteiger charge is 2.61. The molecule has 1 N–H and O–H groups in total. The fourth-order valence-corrected chi connectivity index (χ4v) is 5.23. The normalized spacial score (nSPS) is 29.2. The zero-order valence-electron chi connectivity index (χ0n) is 15.0. The molecule has 2 aromatic rings. The molecule has 1 aromatic carbocycles. The number of para-hydroxylation sites is 1. The summed E-state index contributed by atoms with van der Waals surface area (Å²) in [6.07, 6.45) is 2.99. The molecule has 0 radical (unpaired) electrons. The number of carbonyl (C=O) groups excluding carboxylic acids is 2. The van der Waals surface area contributed by atoms with Crippen LogP contribution >= 0.6 is 0 Å². The number of rotatable bonds is 1. The topological polar surface area (TPSA) is 62.4 Å². The van der Waals surface area contributed by atoms with Crippen LogP contribution in [0, 0.1) is 13.8 Å². The van der Waals surface area contributed by atoms with Gasteiger partial charge in [-0.05, 0) is 44.9 Å². The number of nitrogens with zero attached hydrogens (tertiary/aromatic N) is 1. The maximum absolute atomic E-state index is 13.3. The number of Topliss-reactive ketones (excluding diaryl/α,β-unsaturated/α-hetero) is 1. The Morgan fingerprint density at radius 1 is 1.27 bits per heavy atom. The molecule has 1 amide bonds. The number of nitrogens with one attached hydrogen (secondary N) is 1. The number of fused-ring (bicyclic) bond motifs is 4. The number of ketones is 1. The van der Waals surface area contributed by atoms with Crippen LogP contribution in [0.15, 0.2) is 30.3 Å². The summed E-state index contributed by atoms with van der Waals surface area (Å²) in [6.45, 7) is 3.90. The van der Waals surface area contributed by atoms with Crippen LogP contribution in [0.3, 0.4) is 0 Å². The third-order valence-corrected chi connectivity index (χ3v) is 6.27. The molecule has 2 fully saturated rings. The van der Waals surface area contributed by atoms with E-state index in [2.05, 4.69) is 4.98 Å². The van der Waals surface area contributed by atoms with Gasteiger partial charge >= 0.3 is 0 Å². The van der Waals surface area contributed by atoms with Crippen molar-refractivity contribution in [2.45, 2.75) is 57.2 Å². The molecule has 26 heavy (non-hydrogen) atoms. The number of amides is 1. The second kappa shape index (κ2) is 5.22. The summed E-state index contributed by atoms with van der Waals surface area (Å²) in [5.41, 5.74) is 2.72. The van der Waals surface area contributed by atoms with Crippen molar-refractivity contribution in [1.29, 1.82) is 0 Å². The molecule has 2 saturated heterocycles. The number of ether oxygens (including phenoxy) is 1. The van der Waals surface area contributed by atoms with Gasteiger partial charge in [0.05, 0.1) is 23.6 Å². The minimum absolute atomic E-state index is 0.0353. The molecule has 1 spiro atoms. The molecule has 5 nitrogen and oxygen atoms in total. The van der Waals surface area contributed by atoms with Gasteiger partial charge in [-0.1, -0.05) is 12.1 Å². The first-order valence-electron chi connectivity index (χ1n) is 9.29. The monoisotopic (exact) mass is 350 g/mol. The number of aromatic amines is 1. The van der Waals surface area contributed by atoms with Crippen molar-refractivity contribution in [2.75, 3.05) is 0 Å². The van der Waals surface area contributed by atoms with Gasteiger partial charge in [-0.15, -0.1) is 0 Å². The van der Waals surface area contributed by atoms with Gasteiger partial charge in [-0.25, -0.2) is 0 Å². The Balaban J connectivity index is 1.51. The van der Waals surface area contributed by atoms with Crippen LogP contribution in [0.5, 0.6) is 5.75 Å². The highest BCUT2D eigenvalue weighted by atomic mass is 16.5. The lowest BCUT2D eigenvalue weighted by molar-refractivity contribution is 0.0112. The number of hydrogen-bond donors (Lipinski definition) is 1. The lowest BCUT2D eigenvalue weighted by atomic mass is 9.78. The summed E-state index contributed by atoms with van der Waals surface area (Å²) in [4.78, 5) is 31.2. The molecule has 0 aliphatic carbocycles. The molecule has 1 aromatic heterocycles. The molecule has 4 heterocycles. The summed E-state index contributed by atoms with van der Waals surface area (Å²) in [5.74, 6) is 0.851. The third-order valence-electron chi connectivity index (χ3n) is 6.27. The summed E-state index contributed by atoms with van der Waals surface area (Å²) in [6, 6.07) is 9.49. The molecule has 5 rings (SSSR count). The zero-order chi connectivity index (χ0) is 18.1. The van der Waals surface area contributed by atoms with Gasteiger partial charge in [-0.3, -0.25) is 9.59 Å². The van der Waals surface area contributed by atoms with Crippen molar-refractivity contribution in [2.24, 2.45) is 0 Å². The van der Waals surface area contributed by atoms with Crippen LogP contribution in [0.1, 0.15) is 57.8 Å². The average molecular weight is 350 g/mol. The van der Waals surface area contributed by atoms with Crippen molar-refractivity contribution in [3.05, 3.63) is 52.8 Å². The van der Waals surface area contributed by atoms with E-state index in [1.807, 2.05) is 49.1 Å². The number of aryl methyl sites for hydroxylation is 2. The average Bonchev–Trinajstić information content (AvgIpc) is 3.25. The molecule has 134 valence electrons. The summed E-state index contributed by atoms with van der Waals surface area (Å²) in [7, 11) is 0. The predicted octanol–water partition coefficient (Wildman–Crippen LogP) is 3.41. The Morgan fingerprint density at radius 3 is 2.85 bits per heavy atom. The van der Waals surface area contributed by atoms with Gasteiger partial charge in [-0.2, -0.15) is 0 Å². The van der Waals surface area contributed by atoms with Crippen molar-refractivity contribution < 1.29 is 14.3 Å². The highest BCUT2D eigenvalue weighted by Crippen LogP contribution is 2.51. The van der Waals surface area contributed by atoms with Gasteiger partial charge < -0.3 is 14.6 Å². The summed E-state index contributed by atoms with van der Waals surface area (Å²) in [5, 5.41) is 0. The second-order valence-corrected chi connectivity index (χ2v) is 7.92. The number of benzene rings is 1. The van der Waals surface area contributed by atoms with E-state index in [1.165, 1.54) is 0 Å². The van der Waals surface area contributed by atoms with Gasteiger partial charge in [0.25, 0.3) is 5.91 Å². The quantitative estimate of drug-likeness (QED) is 0.857. The summed E-state index contributed by atoms with van der Waals surface area (Å²) < 4.78 is 6.41. The van der Waals surface area contributed by atoms with E-state index in [0.29, 0.717) is 17.7 Å². The Morgan fingerprint density at radius 2 is 2.08 bits per heavy atom. The molecule has 2 bridgehead atoms. The number of hydrogen-bond acceptors (Lipinski definition) is 3. The van der Waals surface area contributed by atoms with E-state index < -0.39 is 5.60 Å². The van der Waals surface area contributed by atoms with E-state index in [9.17, 15) is 9.59 Å². The van der Waals surface area contributed by atoms with Crippen LogP contribution in [-0.2, 0) is 0 Å². The molecule has 0 saturated carbocycles. The van der Waals surface area contributed by atoms with E-state index >= 15 is 0 Å². The third kappa shape index (κ3) is 2.03. The number of carbonyl (C=O) groups is 2. The van der Waals surface area contributed by atoms with Crippen molar-refractivity contribution >= 4 is 11.7 Å². The molecule has 0 unspecified atom stereocenters. The smallest absolute Gasteiger partial charge is 0.256 e. The minimum Gasteiger partial charge on any atom is -0.484 e. The van der Waals surface area contributed by atoms with Gasteiger partial charge in [0.15, 0.2) is 5.78 Å². The first-order chi connectivity index (χ1) is 12.5. The molecular formula is C21H22N2O3. The maximum atomic E-state index is 13.3. The first kappa shape index (κ1) is 15.7. The largest absolute Gasteiger partial charge is 0.484 e. The molecule has 3 aliphatic heterocycles. The SMILES string of the molecule is Cc1cc(C(=O)N2[C@H]3CC[C@H]2[C@]2(CC(=O)c4ccccc4O2)C3)c(C)[nH]1. The van der Waals surface area contributed by atoms with Crippen LogP contribution < -0.4 is 4.74 Å². The van der Waals surface area contributed by atoms with Crippen LogP contribution in [0.2, 0.25) is 0 Å². The molecule has 5 heteroatoms. The van der Waals surface area contributed by atoms with Crippen LogP contribution in [0.4, 0.5) is 0 Å². The standard InChI is InChI=1S/C21H22N2O3/c1-12-9-16(13(2)22-12)20(25)23-14-7-8-19(23)21(10-14)11-17(24)15-5-3-4-6-18(15)26-21/h3-6,9,14,19,22H,7-8,10-11H2,1-2H3/t14-,19-,21+/m0/s1. The van der Waals surface area contributed by atoms with E-state index in [1.54, 1.807) is 0 Å². The van der Waals surface area contributed by atoms with Crippen molar-refractivity contribution in [3.8, 4) is 5.75 Å².